The summed E-state index contributed by atoms with van der Waals surface area (Å²) < 4.78 is 2.25. The van der Waals surface area contributed by atoms with Crippen LogP contribution < -0.4 is 5.32 Å². The van der Waals surface area contributed by atoms with Crippen molar-refractivity contribution >= 4 is 0 Å². The number of aryl methyl sites for hydroxylation is 1. The van der Waals surface area contributed by atoms with E-state index in [0.29, 0.717) is 0 Å². The lowest BCUT2D eigenvalue weighted by molar-refractivity contribution is 0.389. The Kier molecular flexibility index (Phi) is 5.11. The number of hydrogen-bond donors (Lipinski definition) is 1. The summed E-state index contributed by atoms with van der Waals surface area (Å²) in [6, 6.07) is 2.99. The Hall–Kier alpha value is -0.760. The smallest absolute Gasteiger partial charge is 0.0223 e. The normalized spacial score (nSPS) is 18.9. The summed E-state index contributed by atoms with van der Waals surface area (Å²) in [7, 11) is 0. The van der Waals surface area contributed by atoms with E-state index < -0.39 is 0 Å². The lowest BCUT2D eigenvalue weighted by Gasteiger charge is -2.20. The van der Waals surface area contributed by atoms with Crippen molar-refractivity contribution in [2.75, 3.05) is 0 Å². The molecule has 0 spiro atoms. The number of rotatable bonds is 4. The maximum atomic E-state index is 3.73. The van der Waals surface area contributed by atoms with Gasteiger partial charge in [-0.05, 0) is 31.4 Å². The Morgan fingerprint density at radius 3 is 2.53 bits per heavy atom. The third-order valence-electron chi connectivity index (χ3n) is 3.88. The molecule has 1 aliphatic carbocycles. The Bertz CT molecular complexity index is 308. The van der Waals surface area contributed by atoms with Crippen LogP contribution in [-0.2, 0) is 13.1 Å². The molecule has 1 aromatic rings. The van der Waals surface area contributed by atoms with Gasteiger partial charge in [0.25, 0.3) is 0 Å². The summed E-state index contributed by atoms with van der Waals surface area (Å²) in [6.45, 7) is 4.30. The van der Waals surface area contributed by atoms with Crippen molar-refractivity contribution in [3.05, 3.63) is 24.0 Å². The molecule has 0 atom stereocenters. The predicted octanol–water partition coefficient (Wildman–Crippen LogP) is 3.71. The molecule has 0 saturated heterocycles. The number of hydrogen-bond acceptors (Lipinski definition) is 1. The van der Waals surface area contributed by atoms with Gasteiger partial charge in [-0.1, -0.05) is 32.1 Å². The quantitative estimate of drug-likeness (QED) is 0.840. The van der Waals surface area contributed by atoms with Crippen LogP contribution in [0.2, 0.25) is 0 Å². The first-order chi connectivity index (χ1) is 8.38. The van der Waals surface area contributed by atoms with Crippen LogP contribution in [0.3, 0.4) is 0 Å². The van der Waals surface area contributed by atoms with Crippen LogP contribution >= 0.6 is 0 Å². The minimum Gasteiger partial charge on any atom is -0.354 e. The number of aromatic nitrogens is 1. The second-order valence-electron chi connectivity index (χ2n) is 5.27. The van der Waals surface area contributed by atoms with Crippen molar-refractivity contribution in [1.82, 2.24) is 9.88 Å². The van der Waals surface area contributed by atoms with Crippen molar-refractivity contribution in [3.63, 3.8) is 0 Å². The van der Waals surface area contributed by atoms with Gasteiger partial charge >= 0.3 is 0 Å². The largest absolute Gasteiger partial charge is 0.354 e. The van der Waals surface area contributed by atoms with E-state index in [4.69, 9.17) is 0 Å². The van der Waals surface area contributed by atoms with E-state index in [1.54, 1.807) is 0 Å². The van der Waals surface area contributed by atoms with Gasteiger partial charge in [0.1, 0.15) is 0 Å². The lowest BCUT2D eigenvalue weighted by Crippen LogP contribution is -2.29. The summed E-state index contributed by atoms with van der Waals surface area (Å²) in [5, 5.41) is 3.73. The maximum absolute atomic E-state index is 3.73. The van der Waals surface area contributed by atoms with Crippen LogP contribution in [0.15, 0.2) is 18.5 Å². The molecule has 1 aromatic heterocycles. The van der Waals surface area contributed by atoms with E-state index >= 15 is 0 Å². The molecule has 1 saturated carbocycles. The Labute approximate surface area is 105 Å². The van der Waals surface area contributed by atoms with E-state index in [-0.39, 0.29) is 0 Å². The molecule has 0 aliphatic heterocycles. The SMILES string of the molecule is CCn1ccc(CNC2CCCCCCC2)c1. The van der Waals surface area contributed by atoms with E-state index in [0.717, 1.165) is 19.1 Å². The van der Waals surface area contributed by atoms with Crippen LogP contribution in [0.25, 0.3) is 0 Å². The van der Waals surface area contributed by atoms with Crippen molar-refractivity contribution in [1.29, 1.82) is 0 Å². The minimum absolute atomic E-state index is 0.750. The first-order valence-electron chi connectivity index (χ1n) is 7.26. The highest BCUT2D eigenvalue weighted by atomic mass is 14.9. The van der Waals surface area contributed by atoms with E-state index in [1.807, 2.05) is 0 Å². The van der Waals surface area contributed by atoms with Gasteiger partial charge in [0.15, 0.2) is 0 Å². The number of nitrogens with one attached hydrogen (secondary N) is 1. The van der Waals surface area contributed by atoms with Crippen molar-refractivity contribution in [3.8, 4) is 0 Å². The van der Waals surface area contributed by atoms with Crippen LogP contribution in [0.1, 0.15) is 57.4 Å². The standard InChI is InChI=1S/C15H26N2/c1-2-17-11-10-14(13-17)12-16-15-8-6-4-3-5-7-9-15/h10-11,13,15-16H,2-9,12H2,1H3. The summed E-state index contributed by atoms with van der Waals surface area (Å²) in [5.74, 6) is 0. The third-order valence-corrected chi connectivity index (χ3v) is 3.88. The fourth-order valence-electron chi connectivity index (χ4n) is 2.71. The molecule has 0 aromatic carbocycles. The van der Waals surface area contributed by atoms with Gasteiger partial charge in [-0.15, -0.1) is 0 Å². The summed E-state index contributed by atoms with van der Waals surface area (Å²) in [6.07, 6.45) is 14.3. The van der Waals surface area contributed by atoms with Crippen LogP contribution in [-0.4, -0.2) is 10.6 Å². The zero-order valence-electron chi connectivity index (χ0n) is 11.1. The molecule has 2 nitrogen and oxygen atoms in total. The third kappa shape index (κ3) is 4.19. The van der Waals surface area contributed by atoms with E-state index in [2.05, 4.69) is 35.3 Å². The Balaban J connectivity index is 1.75. The van der Waals surface area contributed by atoms with Gasteiger partial charge in [-0.2, -0.15) is 0 Å². The molecule has 0 radical (unpaired) electrons. The van der Waals surface area contributed by atoms with Crippen LogP contribution in [0.4, 0.5) is 0 Å². The summed E-state index contributed by atoms with van der Waals surface area (Å²) in [5.41, 5.74) is 1.42. The molecule has 1 fully saturated rings. The highest BCUT2D eigenvalue weighted by molar-refractivity contribution is 5.09. The highest BCUT2D eigenvalue weighted by Crippen LogP contribution is 2.17. The van der Waals surface area contributed by atoms with Gasteiger partial charge in [0.05, 0.1) is 0 Å². The molecular formula is C15H26N2. The fraction of sp³-hybridized carbons (Fsp3) is 0.733. The average molecular weight is 234 g/mol. The van der Waals surface area contributed by atoms with Gasteiger partial charge in [-0.3, -0.25) is 0 Å². The van der Waals surface area contributed by atoms with Crippen molar-refractivity contribution in [2.24, 2.45) is 0 Å². The molecule has 1 N–H and O–H groups in total. The molecule has 2 heteroatoms. The molecule has 0 unspecified atom stereocenters. The van der Waals surface area contributed by atoms with Gasteiger partial charge < -0.3 is 9.88 Å². The maximum Gasteiger partial charge on any atom is 0.0223 e. The van der Waals surface area contributed by atoms with Crippen LogP contribution in [0, 0.1) is 0 Å². The summed E-state index contributed by atoms with van der Waals surface area (Å²) >= 11 is 0. The monoisotopic (exact) mass is 234 g/mol. The van der Waals surface area contributed by atoms with Gasteiger partial charge in [0.2, 0.25) is 0 Å². The lowest BCUT2D eigenvalue weighted by atomic mass is 9.96. The molecule has 2 rings (SSSR count). The molecule has 0 bridgehead atoms. The zero-order valence-corrected chi connectivity index (χ0v) is 11.1. The first-order valence-corrected chi connectivity index (χ1v) is 7.26. The predicted molar refractivity (Wildman–Crippen MR) is 73.1 cm³/mol. The van der Waals surface area contributed by atoms with Crippen LogP contribution in [0.5, 0.6) is 0 Å². The molecule has 1 aliphatic rings. The van der Waals surface area contributed by atoms with E-state index in [9.17, 15) is 0 Å². The molecule has 17 heavy (non-hydrogen) atoms. The number of nitrogens with zero attached hydrogens (tertiary/aromatic N) is 1. The van der Waals surface area contributed by atoms with Crippen molar-refractivity contribution < 1.29 is 0 Å². The van der Waals surface area contributed by atoms with Crippen molar-refractivity contribution in [2.45, 2.75) is 71.0 Å². The first kappa shape index (κ1) is 12.7. The summed E-state index contributed by atoms with van der Waals surface area (Å²) in [4.78, 5) is 0. The highest BCUT2D eigenvalue weighted by Gasteiger charge is 2.10. The second-order valence-corrected chi connectivity index (χ2v) is 5.27. The average Bonchev–Trinajstić information content (AvgIpc) is 2.75. The Morgan fingerprint density at radius 1 is 1.18 bits per heavy atom. The van der Waals surface area contributed by atoms with E-state index in [1.165, 1.54) is 50.5 Å². The molecule has 0 amide bonds. The van der Waals surface area contributed by atoms with Gasteiger partial charge in [-0.25, -0.2) is 0 Å². The molecular weight excluding hydrogens is 208 g/mol. The molecule has 96 valence electrons. The fourth-order valence-corrected chi connectivity index (χ4v) is 2.71. The zero-order chi connectivity index (χ0) is 11.9. The second kappa shape index (κ2) is 6.85. The topological polar surface area (TPSA) is 17.0 Å². The molecule has 1 heterocycles. The van der Waals surface area contributed by atoms with Gasteiger partial charge in [0, 0.05) is 31.5 Å². The Morgan fingerprint density at radius 2 is 1.88 bits per heavy atom. The minimum atomic E-state index is 0.750.